The molecule has 1 fully saturated rings. The van der Waals surface area contributed by atoms with Gasteiger partial charge >= 0.3 is 0 Å². The van der Waals surface area contributed by atoms with Crippen LogP contribution in [0.1, 0.15) is 23.2 Å². The Bertz CT molecular complexity index is 866. The highest BCUT2D eigenvalue weighted by Crippen LogP contribution is 2.26. The highest BCUT2D eigenvalue weighted by Gasteiger charge is 2.28. The number of nitrogens with one attached hydrogen (secondary N) is 1. The molecule has 0 radical (unpaired) electrons. The second-order valence-electron chi connectivity index (χ2n) is 7.60. The van der Waals surface area contributed by atoms with Gasteiger partial charge in [-0.05, 0) is 49.2 Å². The van der Waals surface area contributed by atoms with E-state index in [0.717, 1.165) is 11.4 Å². The molecule has 0 bridgehead atoms. The molecule has 2 amide bonds. The lowest BCUT2D eigenvalue weighted by Crippen LogP contribution is -2.41. The Balaban J connectivity index is 1.57. The molecular weight excluding hydrogens is 382 g/mol. The minimum atomic E-state index is -0.109. The van der Waals surface area contributed by atoms with Crippen molar-refractivity contribution in [3.63, 3.8) is 0 Å². The van der Waals surface area contributed by atoms with Crippen molar-refractivity contribution in [1.82, 2.24) is 4.90 Å². The predicted octanol–water partition coefficient (Wildman–Crippen LogP) is 3.26. The van der Waals surface area contributed by atoms with Crippen LogP contribution in [0.5, 0.6) is 11.5 Å². The van der Waals surface area contributed by atoms with Gasteiger partial charge in [-0.3, -0.25) is 9.59 Å². The Hall–Kier alpha value is -3.22. The lowest BCUT2D eigenvalue weighted by molar-refractivity contribution is -0.121. The van der Waals surface area contributed by atoms with Gasteiger partial charge in [0.1, 0.15) is 11.5 Å². The van der Waals surface area contributed by atoms with E-state index in [-0.39, 0.29) is 17.7 Å². The summed E-state index contributed by atoms with van der Waals surface area (Å²) < 4.78 is 10.5. The quantitative estimate of drug-likeness (QED) is 0.790. The Kier molecular flexibility index (Phi) is 6.82. The molecule has 7 nitrogen and oxygen atoms in total. The molecule has 1 N–H and O–H groups in total. The molecule has 160 valence electrons. The second-order valence-corrected chi connectivity index (χ2v) is 7.60. The zero-order chi connectivity index (χ0) is 21.7. The molecule has 0 saturated carbocycles. The lowest BCUT2D eigenvalue weighted by Gasteiger charge is -2.31. The fraction of sp³-hybridized carbons (Fsp3) is 0.391. The molecule has 1 saturated heterocycles. The van der Waals surface area contributed by atoms with Crippen molar-refractivity contribution in [1.29, 1.82) is 0 Å². The first-order valence-corrected chi connectivity index (χ1v) is 10.0. The molecule has 1 aliphatic rings. The number of benzene rings is 2. The molecule has 0 aliphatic carbocycles. The third kappa shape index (κ3) is 5.03. The van der Waals surface area contributed by atoms with E-state index < -0.39 is 0 Å². The number of carbonyl (C=O) groups is 2. The zero-order valence-corrected chi connectivity index (χ0v) is 18.0. The molecule has 0 aromatic heterocycles. The first-order valence-electron chi connectivity index (χ1n) is 10.0. The topological polar surface area (TPSA) is 71.1 Å². The molecule has 7 heteroatoms. The number of amides is 2. The van der Waals surface area contributed by atoms with E-state index in [9.17, 15) is 9.59 Å². The molecule has 2 aromatic rings. The SMILES string of the molecule is COc1cc(OC)cc(C(=O)N2CCC(C(=O)Nc3ccc(N(C)C)cc3)CC2)c1. The molecule has 1 heterocycles. The van der Waals surface area contributed by atoms with Gasteiger partial charge in [0.05, 0.1) is 14.2 Å². The largest absolute Gasteiger partial charge is 0.497 e. The van der Waals surface area contributed by atoms with E-state index in [2.05, 4.69) is 5.32 Å². The number of likely N-dealkylation sites (tertiary alicyclic amines) is 1. The van der Waals surface area contributed by atoms with Crippen LogP contribution in [0.15, 0.2) is 42.5 Å². The van der Waals surface area contributed by atoms with Crippen LogP contribution in [0.3, 0.4) is 0 Å². The second kappa shape index (κ2) is 9.52. The summed E-state index contributed by atoms with van der Waals surface area (Å²) in [6.07, 6.45) is 1.27. The summed E-state index contributed by atoms with van der Waals surface area (Å²) in [4.78, 5) is 29.3. The summed E-state index contributed by atoms with van der Waals surface area (Å²) in [7, 11) is 7.07. The molecule has 1 aliphatic heterocycles. The van der Waals surface area contributed by atoms with Gasteiger partial charge in [-0.2, -0.15) is 0 Å². The molecule has 0 atom stereocenters. The van der Waals surface area contributed by atoms with Gasteiger partial charge in [0.2, 0.25) is 5.91 Å². The van der Waals surface area contributed by atoms with Crippen LogP contribution in [0.25, 0.3) is 0 Å². The fourth-order valence-corrected chi connectivity index (χ4v) is 3.55. The van der Waals surface area contributed by atoms with Crippen LogP contribution >= 0.6 is 0 Å². The molecule has 3 rings (SSSR count). The minimum Gasteiger partial charge on any atom is -0.497 e. The molecule has 2 aromatic carbocycles. The van der Waals surface area contributed by atoms with Crippen LogP contribution in [0.4, 0.5) is 11.4 Å². The number of rotatable bonds is 6. The van der Waals surface area contributed by atoms with Crippen LogP contribution in [0, 0.1) is 5.92 Å². The number of piperidine rings is 1. The van der Waals surface area contributed by atoms with Gasteiger partial charge in [0.15, 0.2) is 0 Å². The number of hydrogen-bond donors (Lipinski definition) is 1. The van der Waals surface area contributed by atoms with E-state index in [0.29, 0.717) is 43.0 Å². The Morgan fingerprint density at radius 2 is 1.53 bits per heavy atom. The number of anilines is 2. The Labute approximate surface area is 177 Å². The molecule has 30 heavy (non-hydrogen) atoms. The third-order valence-corrected chi connectivity index (χ3v) is 5.40. The van der Waals surface area contributed by atoms with Crippen molar-refractivity contribution in [2.45, 2.75) is 12.8 Å². The monoisotopic (exact) mass is 411 g/mol. The number of hydrogen-bond acceptors (Lipinski definition) is 5. The summed E-state index contributed by atoms with van der Waals surface area (Å²) in [5, 5.41) is 2.99. The Morgan fingerprint density at radius 3 is 2.03 bits per heavy atom. The van der Waals surface area contributed by atoms with E-state index >= 15 is 0 Å². The van der Waals surface area contributed by atoms with Crippen molar-refractivity contribution < 1.29 is 19.1 Å². The lowest BCUT2D eigenvalue weighted by atomic mass is 9.95. The average Bonchev–Trinajstić information content (AvgIpc) is 2.78. The van der Waals surface area contributed by atoms with Crippen molar-refractivity contribution in [2.24, 2.45) is 5.92 Å². The minimum absolute atomic E-state index is 0.00255. The standard InChI is InChI=1S/C23H29N3O4/c1-25(2)19-7-5-18(6-8-19)24-22(27)16-9-11-26(12-10-16)23(28)17-13-20(29-3)15-21(14-17)30-4/h5-8,13-16H,9-12H2,1-4H3,(H,24,27). The van der Waals surface area contributed by atoms with E-state index in [1.54, 1.807) is 37.3 Å². The van der Waals surface area contributed by atoms with Crippen LogP contribution in [-0.2, 0) is 4.79 Å². The summed E-state index contributed by atoms with van der Waals surface area (Å²) in [5.74, 6) is 0.968. The first-order chi connectivity index (χ1) is 14.4. The fourth-order valence-electron chi connectivity index (χ4n) is 3.55. The molecular formula is C23H29N3O4. The Morgan fingerprint density at radius 1 is 0.967 bits per heavy atom. The van der Waals surface area contributed by atoms with Crippen molar-refractivity contribution in [3.8, 4) is 11.5 Å². The maximum atomic E-state index is 12.9. The van der Waals surface area contributed by atoms with Crippen LogP contribution < -0.4 is 19.7 Å². The summed E-state index contributed by atoms with van der Waals surface area (Å²) in [6.45, 7) is 1.08. The van der Waals surface area contributed by atoms with Gasteiger partial charge in [-0.25, -0.2) is 0 Å². The van der Waals surface area contributed by atoms with E-state index in [4.69, 9.17) is 9.47 Å². The van der Waals surface area contributed by atoms with E-state index in [1.807, 2.05) is 43.3 Å². The van der Waals surface area contributed by atoms with Gasteiger partial charge in [0, 0.05) is 56.1 Å². The highest BCUT2D eigenvalue weighted by atomic mass is 16.5. The summed E-state index contributed by atoms with van der Waals surface area (Å²) in [6, 6.07) is 12.9. The van der Waals surface area contributed by atoms with Crippen LogP contribution in [0.2, 0.25) is 0 Å². The molecule has 0 unspecified atom stereocenters. The third-order valence-electron chi connectivity index (χ3n) is 5.40. The van der Waals surface area contributed by atoms with E-state index in [1.165, 1.54) is 0 Å². The maximum Gasteiger partial charge on any atom is 0.254 e. The summed E-state index contributed by atoms with van der Waals surface area (Å²) >= 11 is 0. The van der Waals surface area contributed by atoms with Crippen LogP contribution in [-0.4, -0.2) is 58.1 Å². The zero-order valence-electron chi connectivity index (χ0n) is 18.0. The number of nitrogens with zero attached hydrogens (tertiary/aromatic N) is 2. The maximum absolute atomic E-state index is 12.9. The number of ether oxygens (including phenoxy) is 2. The number of methoxy groups -OCH3 is 2. The van der Waals surface area contributed by atoms with Gasteiger partial charge < -0.3 is 24.6 Å². The normalized spacial score (nSPS) is 14.2. The highest BCUT2D eigenvalue weighted by molar-refractivity contribution is 5.96. The van der Waals surface area contributed by atoms with Crippen molar-refractivity contribution in [3.05, 3.63) is 48.0 Å². The smallest absolute Gasteiger partial charge is 0.254 e. The van der Waals surface area contributed by atoms with Crippen molar-refractivity contribution >= 4 is 23.2 Å². The van der Waals surface area contributed by atoms with Gasteiger partial charge in [-0.1, -0.05) is 0 Å². The molecule has 0 spiro atoms. The first kappa shape index (κ1) is 21.5. The van der Waals surface area contributed by atoms with Crippen molar-refractivity contribution in [2.75, 3.05) is 51.6 Å². The van der Waals surface area contributed by atoms with Gasteiger partial charge in [0.25, 0.3) is 5.91 Å². The predicted molar refractivity (Wildman–Crippen MR) is 118 cm³/mol. The summed E-state index contributed by atoms with van der Waals surface area (Å²) in [5.41, 5.74) is 2.39. The number of carbonyl (C=O) groups excluding carboxylic acids is 2. The van der Waals surface area contributed by atoms with Gasteiger partial charge in [-0.15, -0.1) is 0 Å². The average molecular weight is 412 g/mol.